The summed E-state index contributed by atoms with van der Waals surface area (Å²) in [5.41, 5.74) is 3.04. The monoisotopic (exact) mass is 365 g/mol. The summed E-state index contributed by atoms with van der Waals surface area (Å²) in [4.78, 5) is 29.3. The predicted molar refractivity (Wildman–Crippen MR) is 108 cm³/mol. The summed E-state index contributed by atoms with van der Waals surface area (Å²) in [6.45, 7) is 7.47. The highest BCUT2D eigenvalue weighted by molar-refractivity contribution is 6.05. The van der Waals surface area contributed by atoms with Gasteiger partial charge < -0.3 is 15.1 Å². The summed E-state index contributed by atoms with van der Waals surface area (Å²) in [5.74, 6) is 0.273. The van der Waals surface area contributed by atoms with Gasteiger partial charge in [0.2, 0.25) is 0 Å². The number of anilines is 1. The lowest BCUT2D eigenvalue weighted by Gasteiger charge is -2.32. The zero-order valence-electron chi connectivity index (χ0n) is 16.2. The van der Waals surface area contributed by atoms with Gasteiger partial charge in [0.05, 0.1) is 0 Å². The number of likely N-dealkylation sites (N-methyl/N-ethyl adjacent to an activating group) is 1. The third-order valence-corrected chi connectivity index (χ3v) is 5.00. The molecule has 2 amide bonds. The molecule has 0 aromatic heterocycles. The highest BCUT2D eigenvalue weighted by Crippen LogP contribution is 2.17. The Morgan fingerprint density at radius 2 is 1.59 bits per heavy atom. The normalized spacial score (nSPS) is 15.0. The van der Waals surface area contributed by atoms with Crippen LogP contribution < -0.4 is 5.32 Å². The van der Waals surface area contributed by atoms with Crippen LogP contribution in [0.5, 0.6) is 0 Å². The number of benzene rings is 2. The average molecular weight is 365 g/mol. The Balaban J connectivity index is 1.68. The molecule has 1 aliphatic rings. The van der Waals surface area contributed by atoms with Crippen LogP contribution in [-0.2, 0) is 0 Å². The molecule has 1 fully saturated rings. The molecule has 0 saturated carbocycles. The first kappa shape index (κ1) is 19.1. The number of piperazine rings is 1. The van der Waals surface area contributed by atoms with Gasteiger partial charge in [-0.15, -0.1) is 0 Å². The minimum atomic E-state index is -0.172. The lowest BCUT2D eigenvalue weighted by molar-refractivity contribution is 0.0664. The number of rotatable bonds is 4. The molecule has 3 rings (SSSR count). The van der Waals surface area contributed by atoms with E-state index in [0.717, 1.165) is 26.2 Å². The van der Waals surface area contributed by atoms with E-state index in [-0.39, 0.29) is 11.8 Å². The van der Waals surface area contributed by atoms with Crippen molar-refractivity contribution < 1.29 is 9.59 Å². The van der Waals surface area contributed by atoms with Gasteiger partial charge in [-0.05, 0) is 48.9 Å². The summed E-state index contributed by atoms with van der Waals surface area (Å²) in [6, 6.07) is 14.8. The molecule has 1 N–H and O–H groups in total. The molecular weight excluding hydrogens is 338 g/mol. The molecular formula is C22H27N3O2. The SMILES string of the molecule is CC(C)c1ccc(C(=O)Nc2cccc(C(=O)N3CCN(C)CC3)c2)cc1. The quantitative estimate of drug-likeness (QED) is 0.903. The van der Waals surface area contributed by atoms with Gasteiger partial charge in [0, 0.05) is 43.0 Å². The van der Waals surface area contributed by atoms with Gasteiger partial charge in [0.25, 0.3) is 11.8 Å². The van der Waals surface area contributed by atoms with Gasteiger partial charge in [-0.3, -0.25) is 9.59 Å². The van der Waals surface area contributed by atoms with Gasteiger partial charge in [-0.1, -0.05) is 32.0 Å². The van der Waals surface area contributed by atoms with Gasteiger partial charge in [-0.2, -0.15) is 0 Å². The topological polar surface area (TPSA) is 52.7 Å². The van der Waals surface area contributed by atoms with Crippen LogP contribution in [0, 0.1) is 0 Å². The van der Waals surface area contributed by atoms with Gasteiger partial charge >= 0.3 is 0 Å². The Kier molecular flexibility index (Phi) is 5.91. The second kappa shape index (κ2) is 8.35. The highest BCUT2D eigenvalue weighted by Gasteiger charge is 2.20. The number of nitrogens with zero attached hydrogens (tertiary/aromatic N) is 2. The number of nitrogens with one attached hydrogen (secondary N) is 1. The number of carbonyl (C=O) groups is 2. The largest absolute Gasteiger partial charge is 0.336 e. The van der Waals surface area contributed by atoms with Crippen molar-refractivity contribution in [2.75, 3.05) is 38.5 Å². The van der Waals surface area contributed by atoms with Crippen LogP contribution >= 0.6 is 0 Å². The summed E-state index contributed by atoms with van der Waals surface area (Å²) < 4.78 is 0. The molecule has 1 heterocycles. The fourth-order valence-corrected chi connectivity index (χ4v) is 3.14. The molecule has 5 heteroatoms. The second-order valence-corrected chi connectivity index (χ2v) is 7.41. The lowest BCUT2D eigenvalue weighted by atomic mass is 10.0. The molecule has 2 aromatic rings. The molecule has 5 nitrogen and oxygen atoms in total. The molecule has 2 aromatic carbocycles. The third kappa shape index (κ3) is 4.74. The van der Waals surface area contributed by atoms with Crippen molar-refractivity contribution in [3.8, 4) is 0 Å². The highest BCUT2D eigenvalue weighted by atomic mass is 16.2. The van der Waals surface area contributed by atoms with E-state index in [2.05, 4.69) is 31.1 Å². The van der Waals surface area contributed by atoms with E-state index in [4.69, 9.17) is 0 Å². The maximum atomic E-state index is 12.7. The Morgan fingerprint density at radius 3 is 2.22 bits per heavy atom. The van der Waals surface area contributed by atoms with E-state index in [1.54, 1.807) is 24.3 Å². The van der Waals surface area contributed by atoms with E-state index >= 15 is 0 Å². The van der Waals surface area contributed by atoms with Crippen LogP contribution in [0.25, 0.3) is 0 Å². The summed E-state index contributed by atoms with van der Waals surface area (Å²) in [6.07, 6.45) is 0. The molecule has 1 saturated heterocycles. The average Bonchev–Trinajstić information content (AvgIpc) is 2.68. The van der Waals surface area contributed by atoms with Crippen molar-refractivity contribution >= 4 is 17.5 Å². The predicted octanol–water partition coefficient (Wildman–Crippen LogP) is 3.45. The van der Waals surface area contributed by atoms with E-state index in [1.807, 2.05) is 29.2 Å². The van der Waals surface area contributed by atoms with Crippen molar-refractivity contribution in [3.63, 3.8) is 0 Å². The summed E-state index contributed by atoms with van der Waals surface area (Å²) >= 11 is 0. The third-order valence-electron chi connectivity index (χ3n) is 5.00. The summed E-state index contributed by atoms with van der Waals surface area (Å²) in [7, 11) is 2.06. The fourth-order valence-electron chi connectivity index (χ4n) is 3.14. The first-order valence-corrected chi connectivity index (χ1v) is 9.43. The Morgan fingerprint density at radius 1 is 0.926 bits per heavy atom. The van der Waals surface area contributed by atoms with Crippen LogP contribution in [0.2, 0.25) is 0 Å². The van der Waals surface area contributed by atoms with Crippen LogP contribution in [0.3, 0.4) is 0 Å². The van der Waals surface area contributed by atoms with Crippen LogP contribution in [0.1, 0.15) is 46.0 Å². The molecule has 0 bridgehead atoms. The first-order valence-electron chi connectivity index (χ1n) is 9.43. The van der Waals surface area contributed by atoms with Crippen molar-refractivity contribution in [3.05, 3.63) is 65.2 Å². The van der Waals surface area contributed by atoms with Crippen molar-refractivity contribution in [2.45, 2.75) is 19.8 Å². The minimum absolute atomic E-state index is 0.0143. The van der Waals surface area contributed by atoms with Crippen LogP contribution in [-0.4, -0.2) is 54.8 Å². The van der Waals surface area contributed by atoms with Crippen molar-refractivity contribution in [2.24, 2.45) is 0 Å². The van der Waals surface area contributed by atoms with Gasteiger partial charge in [0.1, 0.15) is 0 Å². The lowest BCUT2D eigenvalue weighted by Crippen LogP contribution is -2.47. The number of hydrogen-bond acceptors (Lipinski definition) is 3. The molecule has 1 aliphatic heterocycles. The molecule has 0 radical (unpaired) electrons. The first-order chi connectivity index (χ1) is 12.9. The molecule has 27 heavy (non-hydrogen) atoms. The molecule has 0 atom stereocenters. The maximum Gasteiger partial charge on any atom is 0.255 e. The van der Waals surface area contributed by atoms with Crippen LogP contribution in [0.15, 0.2) is 48.5 Å². The van der Waals surface area contributed by atoms with Crippen molar-refractivity contribution in [1.82, 2.24) is 9.80 Å². The van der Waals surface area contributed by atoms with E-state index < -0.39 is 0 Å². The molecule has 0 spiro atoms. The maximum absolute atomic E-state index is 12.7. The van der Waals surface area contributed by atoms with Crippen LogP contribution in [0.4, 0.5) is 5.69 Å². The minimum Gasteiger partial charge on any atom is -0.336 e. The fraction of sp³-hybridized carbons (Fsp3) is 0.364. The Labute approximate surface area is 161 Å². The van der Waals surface area contributed by atoms with E-state index in [9.17, 15) is 9.59 Å². The molecule has 0 unspecified atom stereocenters. The van der Waals surface area contributed by atoms with Crippen molar-refractivity contribution in [1.29, 1.82) is 0 Å². The number of amides is 2. The summed E-state index contributed by atoms with van der Waals surface area (Å²) in [5, 5.41) is 2.89. The number of hydrogen-bond donors (Lipinski definition) is 1. The molecule has 142 valence electrons. The molecule has 0 aliphatic carbocycles. The number of carbonyl (C=O) groups excluding carboxylic acids is 2. The zero-order valence-corrected chi connectivity index (χ0v) is 16.2. The Hall–Kier alpha value is -2.66. The standard InChI is InChI=1S/C22H27N3O2/c1-16(2)17-7-9-18(10-8-17)21(26)23-20-6-4-5-19(15-20)22(27)25-13-11-24(3)12-14-25/h4-10,15-16H,11-14H2,1-3H3,(H,23,26). The van der Waals surface area contributed by atoms with E-state index in [0.29, 0.717) is 22.7 Å². The van der Waals surface area contributed by atoms with Gasteiger partial charge in [-0.25, -0.2) is 0 Å². The second-order valence-electron chi connectivity index (χ2n) is 7.41. The zero-order chi connectivity index (χ0) is 19.4. The Bertz CT molecular complexity index is 807. The van der Waals surface area contributed by atoms with Gasteiger partial charge in [0.15, 0.2) is 0 Å². The smallest absolute Gasteiger partial charge is 0.255 e. The van der Waals surface area contributed by atoms with E-state index in [1.165, 1.54) is 5.56 Å².